The number of rotatable bonds is 41. The molecule has 0 aromatic heterocycles. The Balaban J connectivity index is 1.24. The number of hydrogen-bond acceptors (Lipinski definition) is 0. The molecule has 326 valence electrons. The van der Waals surface area contributed by atoms with E-state index in [1.165, 1.54) is 266 Å². The highest BCUT2D eigenvalue weighted by Gasteiger charge is 2.27. The fourth-order valence-corrected chi connectivity index (χ4v) is 9.49. The summed E-state index contributed by atoms with van der Waals surface area (Å²) in [5.41, 5.74) is 4.53. The van der Waals surface area contributed by atoms with Crippen LogP contribution >= 0.6 is 0 Å². The van der Waals surface area contributed by atoms with Gasteiger partial charge in [0.15, 0.2) is 0 Å². The van der Waals surface area contributed by atoms with Crippen LogP contribution in [0, 0.1) is 0 Å². The van der Waals surface area contributed by atoms with Gasteiger partial charge in [0.2, 0.25) is 0 Å². The van der Waals surface area contributed by atoms with Gasteiger partial charge in [0.05, 0.1) is 13.1 Å². The molecule has 1 heteroatoms. The van der Waals surface area contributed by atoms with Crippen LogP contribution in [0.2, 0.25) is 0 Å². The van der Waals surface area contributed by atoms with Gasteiger partial charge in [-0.15, -0.1) is 0 Å². The predicted octanol–water partition coefficient (Wildman–Crippen LogP) is 18.3. The molecule has 3 aromatic rings. The van der Waals surface area contributed by atoms with E-state index in [1.54, 1.807) is 0 Å². The van der Waals surface area contributed by atoms with Gasteiger partial charge in [-0.25, -0.2) is 0 Å². The minimum absolute atomic E-state index is 1.17. The number of quaternary nitrogens is 1. The number of benzene rings is 3. The minimum atomic E-state index is 1.17. The van der Waals surface area contributed by atoms with E-state index >= 15 is 0 Å². The lowest BCUT2D eigenvalue weighted by molar-refractivity contribution is -0.954. The van der Waals surface area contributed by atoms with Gasteiger partial charge in [-0.1, -0.05) is 278 Å². The molecule has 0 radical (unpaired) electrons. The molecule has 0 aliphatic carbocycles. The van der Waals surface area contributed by atoms with Gasteiger partial charge < -0.3 is 4.48 Å². The van der Waals surface area contributed by atoms with Gasteiger partial charge in [-0.3, -0.25) is 0 Å². The van der Waals surface area contributed by atoms with Crippen LogP contribution in [0.5, 0.6) is 0 Å². The molecule has 3 rings (SSSR count). The van der Waals surface area contributed by atoms with Crippen molar-refractivity contribution in [3.63, 3.8) is 0 Å². The summed E-state index contributed by atoms with van der Waals surface area (Å²) in [6.45, 7) is 7.29. The van der Waals surface area contributed by atoms with Crippen LogP contribution in [0.3, 0.4) is 0 Å². The summed E-state index contributed by atoms with van der Waals surface area (Å²) in [7, 11) is 0. The van der Waals surface area contributed by atoms with E-state index in [9.17, 15) is 0 Å². The Morgan fingerprint density at radius 3 is 0.793 bits per heavy atom. The largest absolute Gasteiger partial charge is 0.316 e. The highest BCUT2D eigenvalue weighted by Crippen LogP contribution is 2.25. The quantitative estimate of drug-likeness (QED) is 0.0397. The van der Waals surface area contributed by atoms with Crippen molar-refractivity contribution in [2.24, 2.45) is 0 Å². The molecule has 0 amide bonds. The lowest BCUT2D eigenvalue weighted by Gasteiger charge is -2.39. The van der Waals surface area contributed by atoms with Gasteiger partial charge in [-0.05, 0) is 44.1 Å². The van der Waals surface area contributed by atoms with Crippen LogP contribution in [0.1, 0.15) is 236 Å². The summed E-state index contributed by atoms with van der Waals surface area (Å²) in [5.74, 6) is 0. The van der Waals surface area contributed by atoms with Gasteiger partial charge in [0.25, 0.3) is 0 Å². The van der Waals surface area contributed by atoms with Crippen molar-refractivity contribution in [2.45, 2.75) is 238 Å². The Hall–Kier alpha value is -2.38. The van der Waals surface area contributed by atoms with E-state index in [-0.39, 0.29) is 0 Å². The van der Waals surface area contributed by atoms with Gasteiger partial charge >= 0.3 is 0 Å². The first-order valence-electron chi connectivity index (χ1n) is 25.8. The summed E-state index contributed by atoms with van der Waals surface area (Å²) in [6.07, 6.45) is 48.6. The molecule has 0 bridgehead atoms. The molecular weight excluding hydrogens is 699 g/mol. The lowest BCUT2D eigenvalue weighted by atomic mass is 10.0. The van der Waals surface area contributed by atoms with Crippen molar-refractivity contribution in [3.8, 4) is 0 Å². The maximum absolute atomic E-state index is 2.38. The predicted molar refractivity (Wildman–Crippen MR) is 258 cm³/mol. The minimum Gasteiger partial charge on any atom is -0.316 e. The molecule has 0 unspecified atom stereocenters. The topological polar surface area (TPSA) is 0 Å². The van der Waals surface area contributed by atoms with Crippen molar-refractivity contribution >= 4 is 0 Å². The molecular formula is C57H94N+. The standard InChI is InChI=1S/C57H94N/c1-2-3-4-5-6-7-8-9-10-15-18-21-24-27-30-42-51-58(53-56-47-38-33-39-48-56,54-57-49-40-34-41-50-57)52-43-31-28-25-22-19-16-13-11-12-14-17-20-23-26-29-35-44-55-45-36-32-37-46-55/h32-34,36-41,45-50H,2-31,35,42-44,51-54H2,1H3/q+1. The molecule has 0 aliphatic rings. The van der Waals surface area contributed by atoms with Gasteiger partial charge in [0, 0.05) is 11.1 Å². The fraction of sp³-hybridized carbons (Fsp3) is 0.684. The molecule has 0 atom stereocenters. The average molecular weight is 793 g/mol. The second-order valence-corrected chi connectivity index (χ2v) is 18.6. The molecule has 0 aliphatic heterocycles. The number of aryl methyl sites for hydroxylation is 1. The van der Waals surface area contributed by atoms with Crippen molar-refractivity contribution in [1.82, 2.24) is 0 Å². The Kier molecular flexibility index (Phi) is 31.4. The van der Waals surface area contributed by atoms with E-state index in [4.69, 9.17) is 0 Å². The third-order valence-corrected chi connectivity index (χ3v) is 13.1. The lowest BCUT2D eigenvalue weighted by Crippen LogP contribution is -2.48. The second-order valence-electron chi connectivity index (χ2n) is 18.6. The van der Waals surface area contributed by atoms with Crippen LogP contribution in [0.25, 0.3) is 0 Å². The van der Waals surface area contributed by atoms with Crippen molar-refractivity contribution < 1.29 is 4.48 Å². The van der Waals surface area contributed by atoms with E-state index in [0.717, 1.165) is 0 Å². The summed E-state index contributed by atoms with van der Waals surface area (Å²) < 4.78 is 1.22. The molecule has 58 heavy (non-hydrogen) atoms. The van der Waals surface area contributed by atoms with Crippen molar-refractivity contribution in [2.75, 3.05) is 13.1 Å². The number of unbranched alkanes of at least 4 members (excludes halogenated alkanes) is 31. The Bertz CT molecular complexity index is 1210. The number of hydrogen-bond donors (Lipinski definition) is 0. The van der Waals surface area contributed by atoms with E-state index in [1.807, 2.05) is 0 Å². The van der Waals surface area contributed by atoms with Crippen LogP contribution < -0.4 is 0 Å². The number of nitrogens with zero attached hydrogens (tertiary/aromatic N) is 1. The van der Waals surface area contributed by atoms with Crippen molar-refractivity contribution in [3.05, 3.63) is 108 Å². The zero-order valence-electron chi connectivity index (χ0n) is 38.5. The maximum Gasteiger partial charge on any atom is 0.105 e. The molecule has 0 saturated carbocycles. The fourth-order valence-electron chi connectivity index (χ4n) is 9.49. The van der Waals surface area contributed by atoms with E-state index in [2.05, 4.69) is 97.9 Å². The molecule has 1 nitrogen and oxygen atoms in total. The third kappa shape index (κ3) is 27.4. The van der Waals surface area contributed by atoms with Crippen LogP contribution in [0.15, 0.2) is 91.0 Å². The van der Waals surface area contributed by atoms with Gasteiger partial charge in [0.1, 0.15) is 13.1 Å². The van der Waals surface area contributed by atoms with Crippen LogP contribution in [0.4, 0.5) is 0 Å². The highest BCUT2D eigenvalue weighted by atomic mass is 15.3. The summed E-state index contributed by atoms with van der Waals surface area (Å²) >= 11 is 0. The first-order valence-corrected chi connectivity index (χ1v) is 25.8. The zero-order chi connectivity index (χ0) is 40.7. The van der Waals surface area contributed by atoms with E-state index < -0.39 is 0 Å². The Labute approximate surface area is 362 Å². The molecule has 0 saturated heterocycles. The second kappa shape index (κ2) is 36.5. The van der Waals surface area contributed by atoms with Gasteiger partial charge in [-0.2, -0.15) is 0 Å². The smallest absolute Gasteiger partial charge is 0.105 e. The molecule has 0 fully saturated rings. The normalized spacial score (nSPS) is 11.7. The Morgan fingerprint density at radius 2 is 0.500 bits per heavy atom. The molecule has 3 aromatic carbocycles. The Morgan fingerprint density at radius 1 is 0.259 bits per heavy atom. The SMILES string of the molecule is CCCCCCCCCCCCCCCCCC[N+](CCCCCCCCCCCCCCCCCCCc1ccccc1)(Cc1ccccc1)Cc1ccccc1. The maximum atomic E-state index is 2.38. The van der Waals surface area contributed by atoms with Crippen molar-refractivity contribution in [1.29, 1.82) is 0 Å². The summed E-state index contributed by atoms with van der Waals surface area (Å²) in [6, 6.07) is 33.9. The monoisotopic (exact) mass is 793 g/mol. The summed E-state index contributed by atoms with van der Waals surface area (Å²) in [5, 5.41) is 0. The third-order valence-electron chi connectivity index (χ3n) is 13.1. The first kappa shape index (κ1) is 50.0. The molecule has 0 N–H and O–H groups in total. The average Bonchev–Trinajstić information content (AvgIpc) is 3.25. The zero-order valence-corrected chi connectivity index (χ0v) is 38.5. The van der Waals surface area contributed by atoms with Crippen LogP contribution in [-0.2, 0) is 19.5 Å². The summed E-state index contributed by atoms with van der Waals surface area (Å²) in [4.78, 5) is 0. The molecule has 0 spiro atoms. The van der Waals surface area contributed by atoms with Crippen LogP contribution in [-0.4, -0.2) is 17.6 Å². The molecule has 0 heterocycles. The highest BCUT2D eigenvalue weighted by molar-refractivity contribution is 5.16. The first-order chi connectivity index (χ1) is 28.8. The van der Waals surface area contributed by atoms with E-state index in [0.29, 0.717) is 0 Å².